The molecule has 1 aliphatic heterocycles. The molecule has 0 saturated carbocycles. The molecule has 0 aromatic heterocycles. The van der Waals surface area contributed by atoms with Crippen LogP contribution in [-0.4, -0.2) is 82.9 Å². The molecular weight excluding hydrogens is 641 g/mol. The highest BCUT2D eigenvalue weighted by Crippen LogP contribution is 2.39. The number of aliphatic hydroxyl groups excluding tert-OH is 1. The molecule has 1 N–H and O–H groups in total. The summed E-state index contributed by atoms with van der Waals surface area (Å²) in [6, 6.07) is 17.7. The van der Waals surface area contributed by atoms with Crippen LogP contribution in [0.4, 0.5) is 0 Å². The van der Waals surface area contributed by atoms with E-state index in [1.807, 2.05) is 75.4 Å². The first-order chi connectivity index (χ1) is 23.0. The zero-order valence-corrected chi connectivity index (χ0v) is 32.7. The van der Waals surface area contributed by atoms with Crippen molar-refractivity contribution in [1.82, 2.24) is 0 Å². The maximum absolute atomic E-state index is 14.0. The normalized spacial score (nSPS) is 21.1. The Labute approximate surface area is 296 Å². The van der Waals surface area contributed by atoms with E-state index in [9.17, 15) is 9.90 Å². The van der Waals surface area contributed by atoms with Gasteiger partial charge in [0.05, 0.1) is 51.3 Å². The van der Waals surface area contributed by atoms with Crippen molar-refractivity contribution < 1.29 is 42.7 Å². The molecule has 9 nitrogen and oxygen atoms in total. The molecule has 0 amide bonds. The fourth-order valence-corrected chi connectivity index (χ4v) is 7.25. The molecule has 276 valence electrons. The number of methoxy groups -OCH3 is 2. The highest BCUT2D eigenvalue weighted by atomic mass is 28.4. The summed E-state index contributed by atoms with van der Waals surface area (Å²) in [6.45, 7) is 20.0. The van der Waals surface area contributed by atoms with E-state index in [-0.39, 0.29) is 16.9 Å². The molecule has 1 aliphatic rings. The number of carbonyl (C=O) groups is 1. The van der Waals surface area contributed by atoms with Crippen LogP contribution in [0, 0.1) is 11.8 Å². The maximum atomic E-state index is 14.0. The molecule has 3 rings (SSSR count). The van der Waals surface area contributed by atoms with Crippen molar-refractivity contribution in [3.05, 3.63) is 65.7 Å². The Hall–Kier alpha value is -2.15. The van der Waals surface area contributed by atoms with Gasteiger partial charge in [-0.1, -0.05) is 77.1 Å². The van der Waals surface area contributed by atoms with Gasteiger partial charge >= 0.3 is 0 Å². The quantitative estimate of drug-likeness (QED) is 0.112. The monoisotopic (exact) mass is 702 g/mol. The lowest BCUT2D eigenvalue weighted by Gasteiger charge is -2.41. The average Bonchev–Trinajstić information content (AvgIpc) is 3.37. The van der Waals surface area contributed by atoms with Crippen LogP contribution in [0.5, 0.6) is 5.75 Å². The van der Waals surface area contributed by atoms with Crippen molar-refractivity contribution in [2.75, 3.05) is 27.4 Å². The van der Waals surface area contributed by atoms with Gasteiger partial charge in [-0.05, 0) is 55.2 Å². The van der Waals surface area contributed by atoms with Crippen molar-refractivity contribution in [2.24, 2.45) is 11.8 Å². The van der Waals surface area contributed by atoms with E-state index in [0.717, 1.165) is 16.9 Å². The molecule has 0 aliphatic carbocycles. The van der Waals surface area contributed by atoms with Crippen molar-refractivity contribution in [2.45, 2.75) is 129 Å². The minimum atomic E-state index is -2.15. The lowest BCUT2D eigenvalue weighted by atomic mass is 9.83. The van der Waals surface area contributed by atoms with Gasteiger partial charge in [0.2, 0.25) is 0 Å². The van der Waals surface area contributed by atoms with E-state index in [1.54, 1.807) is 21.1 Å². The summed E-state index contributed by atoms with van der Waals surface area (Å²) in [5.74, 6) is -1.51. The molecule has 1 unspecified atom stereocenters. The molecule has 1 fully saturated rings. The van der Waals surface area contributed by atoms with Crippen molar-refractivity contribution in [3.8, 4) is 5.75 Å². The number of aliphatic hydroxyl groups is 1. The topological polar surface area (TPSA) is 102 Å². The molecule has 10 heteroatoms. The summed E-state index contributed by atoms with van der Waals surface area (Å²) < 4.78 is 42.5. The van der Waals surface area contributed by atoms with E-state index in [0.29, 0.717) is 39.3 Å². The average molecular weight is 703 g/mol. The minimum absolute atomic E-state index is 0.00472. The van der Waals surface area contributed by atoms with Gasteiger partial charge in [-0.2, -0.15) is 0 Å². The molecule has 7 atom stereocenters. The SMILES string of the molecule is COCC(C[C@@H](OCc1ccc(OC)cc1)[C@H](C)[C@H](O)[C@@H](C)C(=O)[C@@H]1OC(C)(C)O[C@H]1CCOCc1ccccc1)O[Si](C)(C)C(C)(C)C. The third-order valence-corrected chi connectivity index (χ3v) is 14.5. The Balaban J connectivity index is 1.75. The fraction of sp³-hybridized carbons (Fsp3) is 0.667. The molecule has 49 heavy (non-hydrogen) atoms. The van der Waals surface area contributed by atoms with Gasteiger partial charge in [-0.3, -0.25) is 4.79 Å². The number of hydrogen-bond donors (Lipinski definition) is 1. The van der Waals surface area contributed by atoms with Gasteiger partial charge < -0.3 is 38.0 Å². The summed E-state index contributed by atoms with van der Waals surface area (Å²) in [6.07, 6.45) is -2.03. The van der Waals surface area contributed by atoms with E-state index in [4.69, 9.17) is 32.8 Å². The van der Waals surface area contributed by atoms with Crippen LogP contribution in [0.1, 0.15) is 72.4 Å². The van der Waals surface area contributed by atoms with Gasteiger partial charge in [0, 0.05) is 38.4 Å². The van der Waals surface area contributed by atoms with Gasteiger partial charge in [0.15, 0.2) is 19.9 Å². The zero-order valence-electron chi connectivity index (χ0n) is 31.7. The number of ketones is 1. The Morgan fingerprint density at radius 3 is 2.18 bits per heavy atom. The van der Waals surface area contributed by atoms with E-state index in [2.05, 4.69) is 33.9 Å². The largest absolute Gasteiger partial charge is 0.497 e. The molecule has 0 bridgehead atoms. The van der Waals surface area contributed by atoms with Gasteiger partial charge in [0.25, 0.3) is 0 Å². The lowest BCUT2D eigenvalue weighted by molar-refractivity contribution is -0.160. The van der Waals surface area contributed by atoms with E-state index in [1.165, 1.54) is 0 Å². The number of ether oxygens (including phenoxy) is 6. The Morgan fingerprint density at radius 2 is 1.59 bits per heavy atom. The lowest BCUT2D eigenvalue weighted by Crippen LogP contribution is -2.48. The Bertz CT molecular complexity index is 1260. The molecule has 2 aromatic rings. The predicted octanol–water partition coefficient (Wildman–Crippen LogP) is 7.34. The van der Waals surface area contributed by atoms with E-state index < -0.39 is 50.4 Å². The van der Waals surface area contributed by atoms with Crippen LogP contribution < -0.4 is 4.74 Å². The summed E-state index contributed by atoms with van der Waals surface area (Å²) in [5, 5.41) is 11.8. The number of benzene rings is 2. The number of Topliss-reactive ketones (excluding diaryl/α,β-unsaturated/α-hetero) is 1. The molecule has 0 spiro atoms. The zero-order chi connectivity index (χ0) is 36.4. The smallest absolute Gasteiger partial charge is 0.192 e. The fourth-order valence-electron chi connectivity index (χ4n) is 5.90. The predicted molar refractivity (Wildman–Crippen MR) is 194 cm³/mol. The maximum Gasteiger partial charge on any atom is 0.192 e. The molecule has 1 heterocycles. The van der Waals surface area contributed by atoms with Gasteiger partial charge in [-0.25, -0.2) is 0 Å². The molecule has 1 saturated heterocycles. The third kappa shape index (κ3) is 12.2. The second-order valence-corrected chi connectivity index (χ2v) is 20.1. The third-order valence-electron chi connectivity index (χ3n) is 9.95. The number of hydrogen-bond acceptors (Lipinski definition) is 9. The molecule has 2 aromatic carbocycles. The highest BCUT2D eigenvalue weighted by Gasteiger charge is 2.48. The molecule has 0 radical (unpaired) electrons. The van der Waals surface area contributed by atoms with Crippen molar-refractivity contribution in [3.63, 3.8) is 0 Å². The van der Waals surface area contributed by atoms with Gasteiger partial charge in [0.1, 0.15) is 11.9 Å². The number of rotatable bonds is 20. The van der Waals surface area contributed by atoms with Crippen LogP contribution in [-0.2, 0) is 46.1 Å². The van der Waals surface area contributed by atoms with Crippen LogP contribution in [0.25, 0.3) is 0 Å². The number of carbonyl (C=O) groups excluding carboxylic acids is 1. The second-order valence-electron chi connectivity index (χ2n) is 15.4. The van der Waals surface area contributed by atoms with Crippen molar-refractivity contribution in [1.29, 1.82) is 0 Å². The second kappa shape index (κ2) is 18.4. The summed E-state index contributed by atoms with van der Waals surface area (Å²) >= 11 is 0. The molecular formula is C39H62O9Si. The van der Waals surface area contributed by atoms with Crippen LogP contribution in [0.15, 0.2) is 54.6 Å². The highest BCUT2D eigenvalue weighted by molar-refractivity contribution is 6.74. The van der Waals surface area contributed by atoms with Crippen LogP contribution in [0.3, 0.4) is 0 Å². The van der Waals surface area contributed by atoms with Gasteiger partial charge in [-0.15, -0.1) is 0 Å². The minimum Gasteiger partial charge on any atom is -0.497 e. The summed E-state index contributed by atoms with van der Waals surface area (Å²) in [5.41, 5.74) is 2.05. The Morgan fingerprint density at radius 1 is 0.959 bits per heavy atom. The first kappa shape index (κ1) is 41.3. The first-order valence-electron chi connectivity index (χ1n) is 17.6. The van der Waals surface area contributed by atoms with Crippen molar-refractivity contribution >= 4 is 14.1 Å². The van der Waals surface area contributed by atoms with Crippen LogP contribution in [0.2, 0.25) is 18.1 Å². The summed E-state index contributed by atoms with van der Waals surface area (Å²) in [7, 11) is 1.15. The standard InChI is InChI=1S/C39H62O9Si/c1-27(34(45-25-30-17-19-31(43-9)20-18-30)23-32(26-42-8)48-49(10,11)38(3,4)5)35(40)28(2)36(41)37-33(46-39(6,7)47-37)21-22-44-24-29-15-13-12-14-16-29/h12-20,27-28,32-35,37,40H,21-26H2,1-11H3/t27-,28+,32?,33-,34+,35-,37+/m0/s1. The van der Waals surface area contributed by atoms with Crippen LogP contribution >= 0.6 is 0 Å². The van der Waals surface area contributed by atoms with E-state index >= 15 is 0 Å². The summed E-state index contributed by atoms with van der Waals surface area (Å²) in [4.78, 5) is 14.0. The Kier molecular flexibility index (Phi) is 15.5. The first-order valence-corrected chi connectivity index (χ1v) is 20.5.